The molecule has 1 N–H and O–H groups in total. The summed E-state index contributed by atoms with van der Waals surface area (Å²) in [6, 6.07) is 19.8. The molecule has 29 heavy (non-hydrogen) atoms. The van der Waals surface area contributed by atoms with Crippen LogP contribution in [0.15, 0.2) is 60.7 Å². The zero-order valence-electron chi connectivity index (χ0n) is 16.8. The van der Waals surface area contributed by atoms with E-state index in [2.05, 4.69) is 20.4 Å². The van der Waals surface area contributed by atoms with Gasteiger partial charge in [0.2, 0.25) is 5.91 Å². The first-order chi connectivity index (χ1) is 14.2. The van der Waals surface area contributed by atoms with Crippen LogP contribution in [0, 0.1) is 6.92 Å². The topological polar surface area (TPSA) is 58.1 Å². The highest BCUT2D eigenvalue weighted by atomic mass is 16.1. The summed E-state index contributed by atoms with van der Waals surface area (Å²) in [7, 11) is 0. The van der Waals surface area contributed by atoms with E-state index in [0.717, 1.165) is 47.0 Å². The number of carbonyl (C=O) groups is 1. The highest BCUT2D eigenvalue weighted by molar-refractivity contribution is 5.92. The minimum absolute atomic E-state index is 0.0194. The summed E-state index contributed by atoms with van der Waals surface area (Å²) in [4.78, 5) is 14.6. The van der Waals surface area contributed by atoms with Crippen LogP contribution in [0.4, 0.5) is 11.5 Å². The number of piperidine rings is 1. The van der Waals surface area contributed by atoms with E-state index in [0.29, 0.717) is 6.42 Å². The van der Waals surface area contributed by atoms with Crippen molar-refractivity contribution >= 4 is 17.4 Å². The van der Waals surface area contributed by atoms with Gasteiger partial charge >= 0.3 is 0 Å². The second-order valence-electron chi connectivity index (χ2n) is 7.62. The molecular formula is C24H26N4O. The third-order valence-electron chi connectivity index (χ3n) is 5.24. The number of amides is 1. The normalized spacial score (nSPS) is 13.9. The van der Waals surface area contributed by atoms with Gasteiger partial charge in [0, 0.05) is 24.3 Å². The highest BCUT2D eigenvalue weighted by Gasteiger charge is 2.13. The van der Waals surface area contributed by atoms with Gasteiger partial charge in [0.05, 0.1) is 12.1 Å². The van der Waals surface area contributed by atoms with Gasteiger partial charge in [-0.15, -0.1) is 10.2 Å². The first kappa shape index (κ1) is 19.1. The fourth-order valence-corrected chi connectivity index (χ4v) is 3.71. The van der Waals surface area contributed by atoms with Gasteiger partial charge in [-0.2, -0.15) is 0 Å². The van der Waals surface area contributed by atoms with E-state index >= 15 is 0 Å². The summed E-state index contributed by atoms with van der Waals surface area (Å²) < 4.78 is 0. The van der Waals surface area contributed by atoms with E-state index < -0.39 is 0 Å². The van der Waals surface area contributed by atoms with Crippen LogP contribution in [0.2, 0.25) is 0 Å². The number of hydrogen-bond acceptors (Lipinski definition) is 4. The van der Waals surface area contributed by atoms with Crippen LogP contribution in [0.1, 0.15) is 30.4 Å². The van der Waals surface area contributed by atoms with E-state index in [1.54, 1.807) is 0 Å². The number of hydrogen-bond donors (Lipinski definition) is 1. The number of nitrogens with one attached hydrogen (secondary N) is 1. The molecule has 1 aliphatic heterocycles. The van der Waals surface area contributed by atoms with Crippen LogP contribution >= 0.6 is 0 Å². The van der Waals surface area contributed by atoms with Gasteiger partial charge in [-0.1, -0.05) is 42.0 Å². The Labute approximate surface area is 171 Å². The smallest absolute Gasteiger partial charge is 0.228 e. The quantitative estimate of drug-likeness (QED) is 0.695. The second-order valence-corrected chi connectivity index (χ2v) is 7.62. The van der Waals surface area contributed by atoms with Crippen molar-refractivity contribution in [1.82, 2.24) is 10.2 Å². The predicted octanol–water partition coefficient (Wildman–Crippen LogP) is 4.62. The monoisotopic (exact) mass is 386 g/mol. The molecule has 0 bridgehead atoms. The average molecular weight is 386 g/mol. The van der Waals surface area contributed by atoms with Gasteiger partial charge in [-0.3, -0.25) is 4.79 Å². The highest BCUT2D eigenvalue weighted by Crippen LogP contribution is 2.22. The van der Waals surface area contributed by atoms with Gasteiger partial charge in [0.1, 0.15) is 0 Å². The lowest BCUT2D eigenvalue weighted by Crippen LogP contribution is -2.30. The molecule has 0 spiro atoms. The van der Waals surface area contributed by atoms with Crippen molar-refractivity contribution in [2.45, 2.75) is 32.6 Å². The molecule has 0 radical (unpaired) electrons. The van der Waals surface area contributed by atoms with Crippen LogP contribution in [0.5, 0.6) is 0 Å². The molecule has 0 unspecified atom stereocenters. The Balaban J connectivity index is 1.37. The Bertz CT molecular complexity index is 961. The molecule has 1 aliphatic rings. The van der Waals surface area contributed by atoms with Crippen LogP contribution in [0.25, 0.3) is 11.3 Å². The van der Waals surface area contributed by atoms with Gasteiger partial charge < -0.3 is 10.2 Å². The summed E-state index contributed by atoms with van der Waals surface area (Å²) in [6.07, 6.45) is 4.11. The first-order valence-electron chi connectivity index (χ1n) is 10.2. The van der Waals surface area contributed by atoms with Crippen molar-refractivity contribution in [3.05, 3.63) is 71.8 Å². The summed E-state index contributed by atoms with van der Waals surface area (Å²) in [5.41, 5.74) is 4.78. The molecule has 1 fully saturated rings. The SMILES string of the molecule is Cc1cccc(CC(=O)Nc2ccc(-c3ccc(N4CCCCC4)nn3)cc2)c1. The fraction of sp³-hybridized carbons (Fsp3) is 0.292. The zero-order valence-corrected chi connectivity index (χ0v) is 16.8. The lowest BCUT2D eigenvalue weighted by atomic mass is 10.1. The van der Waals surface area contributed by atoms with E-state index in [1.807, 2.05) is 67.6 Å². The second kappa shape index (κ2) is 8.86. The van der Waals surface area contributed by atoms with Crippen molar-refractivity contribution < 1.29 is 4.79 Å². The zero-order chi connectivity index (χ0) is 20.1. The third kappa shape index (κ3) is 4.99. The van der Waals surface area contributed by atoms with Crippen molar-refractivity contribution in [2.24, 2.45) is 0 Å². The molecule has 1 amide bonds. The maximum absolute atomic E-state index is 12.3. The molecule has 4 rings (SSSR count). The summed E-state index contributed by atoms with van der Waals surface area (Å²) in [5.74, 6) is 0.933. The fourth-order valence-electron chi connectivity index (χ4n) is 3.71. The molecule has 0 atom stereocenters. The number of rotatable bonds is 5. The largest absolute Gasteiger partial charge is 0.355 e. The van der Waals surface area contributed by atoms with Crippen LogP contribution in [-0.4, -0.2) is 29.2 Å². The molecule has 148 valence electrons. The molecule has 3 aromatic rings. The summed E-state index contributed by atoms with van der Waals surface area (Å²) >= 11 is 0. The van der Waals surface area contributed by atoms with E-state index in [-0.39, 0.29) is 5.91 Å². The molecule has 5 nitrogen and oxygen atoms in total. The molecular weight excluding hydrogens is 360 g/mol. The van der Waals surface area contributed by atoms with Crippen LogP contribution in [-0.2, 0) is 11.2 Å². The number of benzene rings is 2. The molecule has 2 aromatic carbocycles. The summed E-state index contributed by atoms with van der Waals surface area (Å²) in [5, 5.41) is 11.8. The maximum Gasteiger partial charge on any atom is 0.228 e. The van der Waals surface area contributed by atoms with Crippen molar-refractivity contribution in [1.29, 1.82) is 0 Å². The number of anilines is 2. The first-order valence-corrected chi connectivity index (χ1v) is 10.2. The molecule has 0 aliphatic carbocycles. The van der Waals surface area contributed by atoms with Crippen molar-refractivity contribution in [3.8, 4) is 11.3 Å². The number of aromatic nitrogens is 2. The van der Waals surface area contributed by atoms with Crippen molar-refractivity contribution in [2.75, 3.05) is 23.3 Å². The maximum atomic E-state index is 12.3. The van der Waals surface area contributed by atoms with Crippen LogP contribution < -0.4 is 10.2 Å². The number of aryl methyl sites for hydroxylation is 1. The van der Waals surface area contributed by atoms with Crippen molar-refractivity contribution in [3.63, 3.8) is 0 Å². The Morgan fingerprint density at radius 1 is 0.966 bits per heavy atom. The van der Waals surface area contributed by atoms with Crippen LogP contribution in [0.3, 0.4) is 0 Å². The Kier molecular flexibility index (Phi) is 5.84. The minimum atomic E-state index is -0.0194. The predicted molar refractivity (Wildman–Crippen MR) is 117 cm³/mol. The Hall–Kier alpha value is -3.21. The number of nitrogens with zero attached hydrogens (tertiary/aromatic N) is 3. The van der Waals surface area contributed by atoms with E-state index in [9.17, 15) is 4.79 Å². The lowest BCUT2D eigenvalue weighted by molar-refractivity contribution is -0.115. The Morgan fingerprint density at radius 3 is 2.45 bits per heavy atom. The molecule has 0 saturated carbocycles. The Morgan fingerprint density at radius 2 is 1.76 bits per heavy atom. The minimum Gasteiger partial charge on any atom is -0.355 e. The summed E-state index contributed by atoms with van der Waals surface area (Å²) in [6.45, 7) is 4.15. The number of carbonyl (C=O) groups excluding carboxylic acids is 1. The van der Waals surface area contributed by atoms with E-state index in [4.69, 9.17) is 0 Å². The molecule has 1 saturated heterocycles. The standard InChI is InChI=1S/C24H26N4O/c1-18-6-5-7-19(16-18)17-24(29)25-21-10-8-20(9-11-21)22-12-13-23(27-26-22)28-14-3-2-4-15-28/h5-13,16H,2-4,14-15,17H2,1H3,(H,25,29). The lowest BCUT2D eigenvalue weighted by Gasteiger charge is -2.27. The van der Waals surface area contributed by atoms with Gasteiger partial charge in [0.15, 0.2) is 5.82 Å². The van der Waals surface area contributed by atoms with Gasteiger partial charge in [-0.25, -0.2) is 0 Å². The third-order valence-corrected chi connectivity index (χ3v) is 5.24. The molecule has 1 aromatic heterocycles. The van der Waals surface area contributed by atoms with E-state index in [1.165, 1.54) is 19.3 Å². The average Bonchev–Trinajstić information content (AvgIpc) is 2.75. The van der Waals surface area contributed by atoms with Gasteiger partial charge in [-0.05, 0) is 56.0 Å². The molecule has 2 heterocycles. The van der Waals surface area contributed by atoms with Gasteiger partial charge in [0.25, 0.3) is 0 Å². The molecule has 5 heteroatoms.